The van der Waals surface area contributed by atoms with Gasteiger partial charge >= 0.3 is 5.91 Å². The fourth-order valence-corrected chi connectivity index (χ4v) is 1.67. The SMILES string of the molecule is NNC(=O)/C(=C/c1ccccc1)Oc1ccc(Cl)cc1. The maximum Gasteiger partial charge on any atom is 0.300 e. The highest BCUT2D eigenvalue weighted by molar-refractivity contribution is 6.30. The first-order valence-corrected chi connectivity index (χ1v) is 6.28. The molecule has 0 saturated heterocycles. The summed E-state index contributed by atoms with van der Waals surface area (Å²) in [6.45, 7) is 0. The van der Waals surface area contributed by atoms with E-state index in [4.69, 9.17) is 22.2 Å². The van der Waals surface area contributed by atoms with Gasteiger partial charge in [-0.3, -0.25) is 10.2 Å². The summed E-state index contributed by atoms with van der Waals surface area (Å²) in [5, 5.41) is 0.592. The molecule has 0 heterocycles. The van der Waals surface area contributed by atoms with Crippen LogP contribution >= 0.6 is 11.6 Å². The zero-order chi connectivity index (χ0) is 14.4. The number of hydrogen-bond acceptors (Lipinski definition) is 3. The van der Waals surface area contributed by atoms with Crippen LogP contribution in [0.15, 0.2) is 60.4 Å². The lowest BCUT2D eigenvalue weighted by Gasteiger charge is -2.09. The fraction of sp³-hybridized carbons (Fsp3) is 0. The molecule has 1 amide bonds. The molecule has 20 heavy (non-hydrogen) atoms. The third-order valence-corrected chi connectivity index (χ3v) is 2.75. The van der Waals surface area contributed by atoms with Gasteiger partial charge in [0.15, 0.2) is 5.76 Å². The Kier molecular flexibility index (Phi) is 4.76. The average Bonchev–Trinajstić information content (AvgIpc) is 2.49. The predicted molar refractivity (Wildman–Crippen MR) is 78.8 cm³/mol. The normalized spacial score (nSPS) is 11.0. The van der Waals surface area contributed by atoms with E-state index >= 15 is 0 Å². The highest BCUT2D eigenvalue weighted by atomic mass is 35.5. The number of ether oxygens (including phenoxy) is 1. The number of carbonyl (C=O) groups is 1. The quantitative estimate of drug-likeness (QED) is 0.299. The topological polar surface area (TPSA) is 64.3 Å². The second-order valence-corrected chi connectivity index (χ2v) is 4.39. The molecule has 0 saturated carbocycles. The lowest BCUT2D eigenvalue weighted by atomic mass is 10.2. The van der Waals surface area contributed by atoms with Gasteiger partial charge in [-0.15, -0.1) is 0 Å². The van der Waals surface area contributed by atoms with Crippen LogP contribution in [0.5, 0.6) is 5.75 Å². The minimum Gasteiger partial charge on any atom is -0.452 e. The van der Waals surface area contributed by atoms with Crippen molar-refractivity contribution in [1.82, 2.24) is 5.43 Å². The minimum atomic E-state index is -0.510. The van der Waals surface area contributed by atoms with Crippen molar-refractivity contribution >= 4 is 23.6 Å². The van der Waals surface area contributed by atoms with Gasteiger partial charge in [-0.05, 0) is 35.9 Å². The highest BCUT2D eigenvalue weighted by Crippen LogP contribution is 2.19. The van der Waals surface area contributed by atoms with E-state index in [1.165, 1.54) is 0 Å². The Labute approximate surface area is 121 Å². The van der Waals surface area contributed by atoms with Crippen LogP contribution in [0, 0.1) is 0 Å². The average molecular weight is 289 g/mol. The molecular formula is C15H13ClN2O2. The summed E-state index contributed by atoms with van der Waals surface area (Å²) in [4.78, 5) is 11.7. The van der Waals surface area contributed by atoms with E-state index in [1.807, 2.05) is 30.3 Å². The lowest BCUT2D eigenvalue weighted by molar-refractivity contribution is -0.119. The molecule has 5 heteroatoms. The number of nitrogens with one attached hydrogen (secondary N) is 1. The molecule has 2 aromatic carbocycles. The smallest absolute Gasteiger partial charge is 0.300 e. The van der Waals surface area contributed by atoms with E-state index in [9.17, 15) is 4.79 Å². The predicted octanol–water partition coefficient (Wildman–Crippen LogP) is 2.75. The first-order chi connectivity index (χ1) is 9.69. The van der Waals surface area contributed by atoms with Crippen molar-refractivity contribution in [2.24, 2.45) is 5.84 Å². The number of halogens is 1. The molecule has 0 radical (unpaired) electrons. The molecule has 0 bridgehead atoms. The first-order valence-electron chi connectivity index (χ1n) is 5.90. The second kappa shape index (κ2) is 6.75. The van der Waals surface area contributed by atoms with Crippen LogP contribution in [0.4, 0.5) is 0 Å². The van der Waals surface area contributed by atoms with Gasteiger partial charge in [-0.1, -0.05) is 41.9 Å². The van der Waals surface area contributed by atoms with Gasteiger partial charge in [0, 0.05) is 5.02 Å². The Morgan fingerprint density at radius 2 is 1.75 bits per heavy atom. The summed E-state index contributed by atoms with van der Waals surface area (Å²) < 4.78 is 5.54. The second-order valence-electron chi connectivity index (χ2n) is 3.95. The Morgan fingerprint density at radius 1 is 1.10 bits per heavy atom. The largest absolute Gasteiger partial charge is 0.452 e. The number of amides is 1. The molecule has 0 aliphatic heterocycles. The third-order valence-electron chi connectivity index (χ3n) is 2.49. The lowest BCUT2D eigenvalue weighted by Crippen LogP contribution is -2.33. The molecule has 2 aromatic rings. The fourth-order valence-electron chi connectivity index (χ4n) is 1.54. The first kappa shape index (κ1) is 14.1. The van der Waals surface area contributed by atoms with Crippen LogP contribution in [0.3, 0.4) is 0 Å². The molecule has 4 nitrogen and oxygen atoms in total. The number of hydrazine groups is 1. The Bertz CT molecular complexity index is 610. The number of benzene rings is 2. The van der Waals surface area contributed by atoms with Gasteiger partial charge in [0.2, 0.25) is 0 Å². The summed E-state index contributed by atoms with van der Waals surface area (Å²) in [6, 6.07) is 16.0. The van der Waals surface area contributed by atoms with Crippen molar-refractivity contribution in [3.05, 3.63) is 70.9 Å². The zero-order valence-electron chi connectivity index (χ0n) is 10.5. The molecule has 0 atom stereocenters. The summed E-state index contributed by atoms with van der Waals surface area (Å²) in [7, 11) is 0. The molecule has 102 valence electrons. The Hall–Kier alpha value is -2.30. The van der Waals surface area contributed by atoms with Crippen molar-refractivity contribution in [2.75, 3.05) is 0 Å². The van der Waals surface area contributed by atoms with Crippen LogP contribution in [0.1, 0.15) is 5.56 Å². The molecule has 2 rings (SSSR count). The maximum absolute atomic E-state index is 11.7. The summed E-state index contributed by atoms with van der Waals surface area (Å²) in [6.07, 6.45) is 1.61. The summed E-state index contributed by atoms with van der Waals surface area (Å²) >= 11 is 5.80. The van der Waals surface area contributed by atoms with Crippen molar-refractivity contribution in [1.29, 1.82) is 0 Å². The van der Waals surface area contributed by atoms with E-state index in [-0.39, 0.29) is 5.76 Å². The molecular weight excluding hydrogens is 276 g/mol. The Morgan fingerprint density at radius 3 is 2.35 bits per heavy atom. The standard InChI is InChI=1S/C15H13ClN2O2/c16-12-6-8-13(9-7-12)20-14(15(19)18-17)10-11-4-2-1-3-5-11/h1-10H,17H2,(H,18,19)/b14-10-. The minimum absolute atomic E-state index is 0.0982. The monoisotopic (exact) mass is 288 g/mol. The van der Waals surface area contributed by atoms with E-state index in [0.29, 0.717) is 10.8 Å². The number of nitrogens with two attached hydrogens (primary N) is 1. The van der Waals surface area contributed by atoms with Crippen LogP contribution in [0.25, 0.3) is 6.08 Å². The van der Waals surface area contributed by atoms with Crippen molar-refractivity contribution in [2.45, 2.75) is 0 Å². The van der Waals surface area contributed by atoms with E-state index in [1.54, 1.807) is 30.3 Å². The maximum atomic E-state index is 11.7. The number of carbonyl (C=O) groups excluding carboxylic acids is 1. The Balaban J connectivity index is 2.26. The van der Waals surface area contributed by atoms with Gasteiger partial charge in [-0.25, -0.2) is 5.84 Å². The van der Waals surface area contributed by atoms with Crippen LogP contribution in [0.2, 0.25) is 5.02 Å². The third kappa shape index (κ3) is 3.85. The summed E-state index contributed by atoms with van der Waals surface area (Å²) in [5.74, 6) is 5.25. The van der Waals surface area contributed by atoms with Crippen molar-refractivity contribution in [3.63, 3.8) is 0 Å². The highest BCUT2D eigenvalue weighted by Gasteiger charge is 2.10. The van der Waals surface area contributed by atoms with Gasteiger partial charge in [0.05, 0.1) is 0 Å². The molecule has 3 N–H and O–H groups in total. The van der Waals surface area contributed by atoms with Gasteiger partial charge in [-0.2, -0.15) is 0 Å². The molecule has 0 aliphatic rings. The van der Waals surface area contributed by atoms with E-state index < -0.39 is 5.91 Å². The van der Waals surface area contributed by atoms with Crippen LogP contribution in [-0.4, -0.2) is 5.91 Å². The van der Waals surface area contributed by atoms with Gasteiger partial charge < -0.3 is 4.74 Å². The summed E-state index contributed by atoms with van der Waals surface area (Å²) in [5.41, 5.74) is 2.89. The van der Waals surface area contributed by atoms with Crippen molar-refractivity contribution < 1.29 is 9.53 Å². The van der Waals surface area contributed by atoms with E-state index in [2.05, 4.69) is 5.43 Å². The molecule has 0 aliphatic carbocycles. The number of hydrogen-bond donors (Lipinski definition) is 2. The molecule has 0 spiro atoms. The van der Waals surface area contributed by atoms with E-state index in [0.717, 1.165) is 5.56 Å². The van der Waals surface area contributed by atoms with Crippen LogP contribution in [-0.2, 0) is 4.79 Å². The van der Waals surface area contributed by atoms with Crippen LogP contribution < -0.4 is 16.0 Å². The van der Waals surface area contributed by atoms with Gasteiger partial charge in [0.1, 0.15) is 5.75 Å². The van der Waals surface area contributed by atoms with Gasteiger partial charge in [0.25, 0.3) is 0 Å². The molecule has 0 fully saturated rings. The number of rotatable bonds is 4. The molecule has 0 unspecified atom stereocenters. The van der Waals surface area contributed by atoms with Crippen molar-refractivity contribution in [3.8, 4) is 5.75 Å². The zero-order valence-corrected chi connectivity index (χ0v) is 11.3. The molecule has 0 aromatic heterocycles.